The summed E-state index contributed by atoms with van der Waals surface area (Å²) < 4.78 is 1.78. The summed E-state index contributed by atoms with van der Waals surface area (Å²) in [7, 11) is 0. The molecule has 0 unspecified atom stereocenters. The van der Waals surface area contributed by atoms with Crippen LogP contribution in [0.5, 0.6) is 0 Å². The number of anilines is 2. The topological polar surface area (TPSA) is 82.5 Å². The molecule has 0 spiro atoms. The largest absolute Gasteiger partial charge is 0.329 e. The van der Waals surface area contributed by atoms with Crippen LogP contribution in [0.3, 0.4) is 0 Å². The number of rotatable bonds is 9. The van der Waals surface area contributed by atoms with Gasteiger partial charge in [0.2, 0.25) is 5.91 Å². The van der Waals surface area contributed by atoms with E-state index < -0.39 is 0 Å². The van der Waals surface area contributed by atoms with Crippen LogP contribution in [0.1, 0.15) is 70.7 Å². The van der Waals surface area contributed by atoms with E-state index in [9.17, 15) is 9.59 Å². The summed E-state index contributed by atoms with van der Waals surface area (Å²) in [5.41, 5.74) is 4.64. The highest BCUT2D eigenvalue weighted by atomic mass is 16.2. The molecule has 0 atom stereocenters. The Labute approximate surface area is 238 Å². The van der Waals surface area contributed by atoms with E-state index in [1.807, 2.05) is 66.4 Å². The second kappa shape index (κ2) is 12.7. The Kier molecular flexibility index (Phi) is 9.30. The molecule has 4 rings (SSSR count). The molecule has 2 N–H and O–H groups in total. The highest BCUT2D eigenvalue weighted by Gasteiger charge is 2.25. The number of urea groups is 1. The third-order valence-electron chi connectivity index (χ3n) is 7.61. The molecule has 40 heavy (non-hydrogen) atoms. The second-order valence-electron chi connectivity index (χ2n) is 11.9. The summed E-state index contributed by atoms with van der Waals surface area (Å²) >= 11 is 0. The van der Waals surface area contributed by atoms with E-state index in [1.165, 1.54) is 0 Å². The van der Waals surface area contributed by atoms with Crippen molar-refractivity contribution in [3.05, 3.63) is 71.4 Å². The van der Waals surface area contributed by atoms with E-state index >= 15 is 0 Å². The van der Waals surface area contributed by atoms with Gasteiger partial charge in [0.25, 0.3) is 0 Å². The Balaban J connectivity index is 1.38. The van der Waals surface area contributed by atoms with Crippen LogP contribution in [-0.2, 0) is 16.8 Å². The number of hydrogen-bond donors (Lipinski definition) is 2. The van der Waals surface area contributed by atoms with Crippen LogP contribution in [0.4, 0.5) is 16.3 Å². The molecule has 0 aliphatic carbocycles. The van der Waals surface area contributed by atoms with Gasteiger partial charge in [0.1, 0.15) is 5.82 Å². The lowest BCUT2D eigenvalue weighted by atomic mass is 9.92. The van der Waals surface area contributed by atoms with Crippen LogP contribution >= 0.6 is 0 Å². The van der Waals surface area contributed by atoms with Crippen molar-refractivity contribution in [3.63, 3.8) is 0 Å². The molecule has 1 aliphatic rings. The van der Waals surface area contributed by atoms with Crippen LogP contribution in [0, 0.1) is 12.8 Å². The molecular weight excluding hydrogens is 500 g/mol. The van der Waals surface area contributed by atoms with E-state index in [0.717, 1.165) is 55.0 Å². The maximum absolute atomic E-state index is 13.0. The van der Waals surface area contributed by atoms with Gasteiger partial charge >= 0.3 is 6.03 Å². The number of aryl methyl sites for hydroxylation is 1. The lowest BCUT2D eigenvalue weighted by Crippen LogP contribution is -2.49. The van der Waals surface area contributed by atoms with Crippen LogP contribution in [0.2, 0.25) is 0 Å². The fourth-order valence-corrected chi connectivity index (χ4v) is 4.90. The third-order valence-corrected chi connectivity index (χ3v) is 7.61. The highest BCUT2D eigenvalue weighted by Crippen LogP contribution is 2.27. The molecular formula is C32H44N6O2. The van der Waals surface area contributed by atoms with E-state index in [-0.39, 0.29) is 17.4 Å². The van der Waals surface area contributed by atoms with Crippen molar-refractivity contribution in [1.82, 2.24) is 19.6 Å². The number of carbonyl (C=O) groups is 2. The lowest BCUT2D eigenvalue weighted by Gasteiger charge is -2.37. The molecule has 2 aromatic carbocycles. The molecule has 0 radical (unpaired) electrons. The van der Waals surface area contributed by atoms with Gasteiger partial charge in [-0.2, -0.15) is 5.10 Å². The molecule has 1 aromatic heterocycles. The number of benzene rings is 2. The Bertz CT molecular complexity index is 1290. The predicted octanol–water partition coefficient (Wildman–Crippen LogP) is 6.55. The maximum atomic E-state index is 13.0. The number of amides is 3. The normalized spacial score (nSPS) is 14.6. The van der Waals surface area contributed by atoms with Crippen LogP contribution in [0.15, 0.2) is 54.6 Å². The summed E-state index contributed by atoms with van der Waals surface area (Å²) in [6, 6.07) is 17.6. The van der Waals surface area contributed by atoms with Gasteiger partial charge in [0.15, 0.2) is 0 Å². The van der Waals surface area contributed by atoms with Crippen molar-refractivity contribution in [2.24, 2.45) is 5.92 Å². The molecule has 8 nitrogen and oxygen atoms in total. The van der Waals surface area contributed by atoms with Crippen LogP contribution in [-0.4, -0.2) is 51.3 Å². The van der Waals surface area contributed by atoms with Crippen molar-refractivity contribution < 1.29 is 9.59 Å². The minimum Gasteiger partial charge on any atom is -0.329 e. The molecule has 1 fully saturated rings. The standard InChI is InChI=1S/C32H44N6O2/c1-7-24(8-2)21-37-22-36(18-17-30(37)39)20-25-11-13-26(14-12-25)33-31(40)34-29-19-28(32(4,5)6)35-38(29)27-15-9-23(3)10-16-27/h9-16,19,24H,7-8,17-18,20-22H2,1-6H3,(H2,33,34,40). The van der Waals surface area contributed by atoms with Crippen molar-refractivity contribution in [2.75, 3.05) is 30.4 Å². The van der Waals surface area contributed by atoms with Crippen molar-refractivity contribution in [2.45, 2.75) is 72.8 Å². The number of carbonyl (C=O) groups excluding carboxylic acids is 2. The Hall–Kier alpha value is -3.65. The number of hydrogen-bond acceptors (Lipinski definition) is 4. The highest BCUT2D eigenvalue weighted by molar-refractivity contribution is 5.99. The number of nitrogens with one attached hydrogen (secondary N) is 2. The van der Waals surface area contributed by atoms with E-state index in [0.29, 0.717) is 30.5 Å². The first-order chi connectivity index (χ1) is 19.0. The first-order valence-electron chi connectivity index (χ1n) is 14.4. The predicted molar refractivity (Wildman–Crippen MR) is 162 cm³/mol. The van der Waals surface area contributed by atoms with Gasteiger partial charge in [-0.05, 0) is 42.7 Å². The van der Waals surface area contributed by atoms with Gasteiger partial charge in [-0.1, -0.05) is 77.3 Å². The summed E-state index contributed by atoms with van der Waals surface area (Å²) in [5.74, 6) is 1.42. The summed E-state index contributed by atoms with van der Waals surface area (Å²) in [4.78, 5) is 29.8. The van der Waals surface area contributed by atoms with Crippen molar-refractivity contribution in [3.8, 4) is 5.69 Å². The quantitative estimate of drug-likeness (QED) is 0.320. The first-order valence-corrected chi connectivity index (χ1v) is 14.4. The first kappa shape index (κ1) is 29.3. The molecule has 0 saturated carbocycles. The van der Waals surface area contributed by atoms with E-state index in [1.54, 1.807) is 4.68 Å². The lowest BCUT2D eigenvalue weighted by molar-refractivity contribution is -0.139. The molecule has 1 aliphatic heterocycles. The van der Waals surface area contributed by atoms with Gasteiger partial charge in [-0.15, -0.1) is 0 Å². The van der Waals surface area contributed by atoms with Gasteiger partial charge in [0, 0.05) is 43.2 Å². The van der Waals surface area contributed by atoms with E-state index in [4.69, 9.17) is 5.10 Å². The smallest absolute Gasteiger partial charge is 0.324 e. The van der Waals surface area contributed by atoms with Crippen molar-refractivity contribution in [1.29, 1.82) is 0 Å². The molecule has 0 bridgehead atoms. The average molecular weight is 545 g/mol. The maximum Gasteiger partial charge on any atom is 0.324 e. The molecule has 3 aromatic rings. The number of nitrogens with zero attached hydrogens (tertiary/aromatic N) is 4. The van der Waals surface area contributed by atoms with E-state index in [2.05, 4.69) is 50.2 Å². The zero-order chi connectivity index (χ0) is 28.9. The van der Waals surface area contributed by atoms with Gasteiger partial charge in [-0.25, -0.2) is 9.48 Å². The van der Waals surface area contributed by atoms with Crippen molar-refractivity contribution >= 4 is 23.4 Å². The zero-order valence-electron chi connectivity index (χ0n) is 24.8. The molecule has 2 heterocycles. The fourth-order valence-electron chi connectivity index (χ4n) is 4.90. The summed E-state index contributed by atoms with van der Waals surface area (Å²) in [6.45, 7) is 15.8. The molecule has 214 valence electrons. The number of aromatic nitrogens is 2. The second-order valence-corrected chi connectivity index (χ2v) is 11.9. The third kappa shape index (κ3) is 7.50. The molecule has 1 saturated heterocycles. The Morgan fingerprint density at radius 1 is 1.00 bits per heavy atom. The Morgan fingerprint density at radius 2 is 1.68 bits per heavy atom. The fraction of sp³-hybridized carbons (Fsp3) is 0.469. The van der Waals surface area contributed by atoms with Crippen LogP contribution < -0.4 is 10.6 Å². The minimum absolute atomic E-state index is 0.162. The monoisotopic (exact) mass is 544 g/mol. The van der Waals surface area contributed by atoms with Gasteiger partial charge in [-0.3, -0.25) is 15.0 Å². The SMILES string of the molecule is CCC(CC)CN1CN(Cc2ccc(NC(=O)Nc3cc(C(C)(C)C)nn3-c3ccc(C)cc3)cc2)CCC1=O. The summed E-state index contributed by atoms with van der Waals surface area (Å²) in [5, 5.41) is 10.7. The molecule has 3 amide bonds. The summed E-state index contributed by atoms with van der Waals surface area (Å²) in [6.07, 6.45) is 2.75. The minimum atomic E-state index is -0.326. The van der Waals surface area contributed by atoms with Gasteiger partial charge in [0.05, 0.1) is 18.1 Å². The van der Waals surface area contributed by atoms with Crippen LogP contribution in [0.25, 0.3) is 5.69 Å². The zero-order valence-corrected chi connectivity index (χ0v) is 24.8. The van der Waals surface area contributed by atoms with Gasteiger partial charge < -0.3 is 10.2 Å². The average Bonchev–Trinajstić information content (AvgIpc) is 3.34. The molecule has 8 heteroatoms. The Morgan fingerprint density at radius 3 is 2.30 bits per heavy atom.